The SMILES string of the molecule is CCCc1nc2ccccn2c1C(=O)N(CCC)CCC. The van der Waals surface area contributed by atoms with E-state index in [2.05, 4.69) is 25.8 Å². The van der Waals surface area contributed by atoms with E-state index in [9.17, 15) is 4.79 Å². The fourth-order valence-electron chi connectivity index (χ4n) is 2.69. The van der Waals surface area contributed by atoms with Crippen LogP contribution in [-0.2, 0) is 6.42 Å². The number of hydrogen-bond acceptors (Lipinski definition) is 2. The fraction of sp³-hybridized carbons (Fsp3) is 0.529. The highest BCUT2D eigenvalue weighted by Crippen LogP contribution is 2.17. The maximum absolute atomic E-state index is 13.0. The van der Waals surface area contributed by atoms with Crippen LogP contribution in [0.25, 0.3) is 5.65 Å². The molecule has 0 saturated carbocycles. The van der Waals surface area contributed by atoms with Crippen LogP contribution in [0.1, 0.15) is 56.2 Å². The number of carbonyl (C=O) groups excluding carboxylic acids is 1. The summed E-state index contributed by atoms with van der Waals surface area (Å²) in [5.74, 6) is 0.112. The van der Waals surface area contributed by atoms with Crippen molar-refractivity contribution >= 4 is 11.6 Å². The molecule has 0 aromatic carbocycles. The molecule has 2 heterocycles. The summed E-state index contributed by atoms with van der Waals surface area (Å²) in [5, 5.41) is 0. The zero-order chi connectivity index (χ0) is 15.2. The number of carbonyl (C=O) groups is 1. The van der Waals surface area contributed by atoms with Crippen molar-refractivity contribution in [3.8, 4) is 0 Å². The number of hydrogen-bond donors (Lipinski definition) is 0. The van der Waals surface area contributed by atoms with Crippen LogP contribution in [0.3, 0.4) is 0 Å². The topological polar surface area (TPSA) is 37.6 Å². The molecule has 0 aliphatic carbocycles. The molecule has 0 atom stereocenters. The molecule has 0 spiro atoms. The van der Waals surface area contributed by atoms with Crippen molar-refractivity contribution in [2.45, 2.75) is 46.5 Å². The lowest BCUT2D eigenvalue weighted by molar-refractivity contribution is 0.0747. The van der Waals surface area contributed by atoms with Crippen molar-refractivity contribution in [2.75, 3.05) is 13.1 Å². The van der Waals surface area contributed by atoms with Gasteiger partial charge in [0, 0.05) is 19.3 Å². The minimum absolute atomic E-state index is 0.112. The Kier molecular flexibility index (Phi) is 5.37. The van der Waals surface area contributed by atoms with Gasteiger partial charge in [-0.15, -0.1) is 0 Å². The lowest BCUT2D eigenvalue weighted by Gasteiger charge is -2.21. The van der Waals surface area contributed by atoms with E-state index in [1.165, 1.54) is 0 Å². The standard InChI is InChI=1S/C17H25N3O/c1-4-9-14-16(17(21)19(11-5-2)12-6-3)20-13-8-7-10-15(20)18-14/h7-8,10,13H,4-6,9,11-12H2,1-3H3. The summed E-state index contributed by atoms with van der Waals surface area (Å²) in [5.41, 5.74) is 2.53. The normalized spacial score (nSPS) is 11.0. The number of aromatic nitrogens is 2. The first-order chi connectivity index (χ1) is 10.2. The van der Waals surface area contributed by atoms with Gasteiger partial charge in [0.2, 0.25) is 0 Å². The van der Waals surface area contributed by atoms with E-state index in [0.29, 0.717) is 0 Å². The Balaban J connectivity index is 2.46. The smallest absolute Gasteiger partial charge is 0.272 e. The van der Waals surface area contributed by atoms with Gasteiger partial charge in [0.1, 0.15) is 11.3 Å². The maximum atomic E-state index is 13.0. The highest BCUT2D eigenvalue weighted by molar-refractivity contribution is 5.94. The Morgan fingerprint density at radius 2 is 1.86 bits per heavy atom. The molecule has 0 N–H and O–H groups in total. The number of amides is 1. The Labute approximate surface area is 126 Å². The Bertz CT molecular complexity index is 597. The zero-order valence-electron chi connectivity index (χ0n) is 13.3. The summed E-state index contributed by atoms with van der Waals surface area (Å²) in [6, 6.07) is 5.87. The second-order valence-corrected chi connectivity index (χ2v) is 5.38. The van der Waals surface area contributed by atoms with E-state index in [4.69, 9.17) is 0 Å². The van der Waals surface area contributed by atoms with Gasteiger partial charge in [-0.25, -0.2) is 4.98 Å². The van der Waals surface area contributed by atoms with Gasteiger partial charge in [-0.1, -0.05) is 33.3 Å². The number of aryl methyl sites for hydroxylation is 1. The second-order valence-electron chi connectivity index (χ2n) is 5.38. The van der Waals surface area contributed by atoms with Crippen molar-refractivity contribution in [1.29, 1.82) is 0 Å². The van der Waals surface area contributed by atoms with Crippen LogP contribution in [0, 0.1) is 0 Å². The molecule has 4 nitrogen and oxygen atoms in total. The zero-order valence-corrected chi connectivity index (χ0v) is 13.3. The largest absolute Gasteiger partial charge is 0.337 e. The van der Waals surface area contributed by atoms with Crippen LogP contribution in [-0.4, -0.2) is 33.3 Å². The quantitative estimate of drug-likeness (QED) is 0.781. The lowest BCUT2D eigenvalue weighted by atomic mass is 10.2. The van der Waals surface area contributed by atoms with Crippen molar-refractivity contribution in [3.63, 3.8) is 0 Å². The molecule has 2 aromatic rings. The van der Waals surface area contributed by atoms with Gasteiger partial charge in [0.25, 0.3) is 5.91 Å². The molecule has 0 saturated heterocycles. The molecule has 0 radical (unpaired) electrons. The highest BCUT2D eigenvalue weighted by atomic mass is 16.2. The average molecular weight is 287 g/mol. The summed E-state index contributed by atoms with van der Waals surface area (Å²) in [7, 11) is 0. The Hall–Kier alpha value is -1.84. The number of rotatable bonds is 7. The summed E-state index contributed by atoms with van der Waals surface area (Å²) in [4.78, 5) is 19.6. The molecular weight excluding hydrogens is 262 g/mol. The van der Waals surface area contributed by atoms with Gasteiger partial charge in [-0.3, -0.25) is 9.20 Å². The van der Waals surface area contributed by atoms with Gasteiger partial charge >= 0.3 is 0 Å². The Morgan fingerprint density at radius 1 is 1.14 bits per heavy atom. The van der Waals surface area contributed by atoms with Crippen LogP contribution in [0.15, 0.2) is 24.4 Å². The van der Waals surface area contributed by atoms with E-state index in [-0.39, 0.29) is 5.91 Å². The van der Waals surface area contributed by atoms with E-state index < -0.39 is 0 Å². The van der Waals surface area contributed by atoms with Crippen molar-refractivity contribution < 1.29 is 4.79 Å². The van der Waals surface area contributed by atoms with Gasteiger partial charge in [0.05, 0.1) is 5.69 Å². The molecule has 4 heteroatoms. The van der Waals surface area contributed by atoms with Crippen LogP contribution >= 0.6 is 0 Å². The predicted octanol–water partition coefficient (Wildman–Crippen LogP) is 3.55. The highest BCUT2D eigenvalue weighted by Gasteiger charge is 2.22. The first-order valence-electron chi connectivity index (χ1n) is 7.98. The first-order valence-corrected chi connectivity index (χ1v) is 7.98. The number of fused-ring (bicyclic) bond motifs is 1. The van der Waals surface area contributed by atoms with Gasteiger partial charge in [0.15, 0.2) is 0 Å². The van der Waals surface area contributed by atoms with Gasteiger partial charge in [-0.05, 0) is 31.4 Å². The molecule has 2 aromatic heterocycles. The summed E-state index contributed by atoms with van der Waals surface area (Å²) in [6.45, 7) is 7.94. The van der Waals surface area contributed by atoms with E-state index in [1.807, 2.05) is 33.7 Å². The van der Waals surface area contributed by atoms with Crippen LogP contribution in [0.4, 0.5) is 0 Å². The molecule has 0 aliphatic heterocycles. The van der Waals surface area contributed by atoms with Crippen LogP contribution in [0.2, 0.25) is 0 Å². The lowest BCUT2D eigenvalue weighted by Crippen LogP contribution is -2.34. The van der Waals surface area contributed by atoms with Crippen molar-refractivity contribution in [1.82, 2.24) is 14.3 Å². The molecule has 0 fully saturated rings. The molecular formula is C17H25N3O. The predicted molar refractivity (Wildman–Crippen MR) is 85.7 cm³/mol. The monoisotopic (exact) mass is 287 g/mol. The van der Waals surface area contributed by atoms with Crippen molar-refractivity contribution in [2.24, 2.45) is 0 Å². The minimum Gasteiger partial charge on any atom is -0.337 e. The van der Waals surface area contributed by atoms with Gasteiger partial charge in [-0.2, -0.15) is 0 Å². The van der Waals surface area contributed by atoms with E-state index >= 15 is 0 Å². The molecule has 1 amide bonds. The third kappa shape index (κ3) is 3.26. The molecule has 0 aliphatic rings. The molecule has 21 heavy (non-hydrogen) atoms. The van der Waals surface area contributed by atoms with Crippen LogP contribution < -0.4 is 0 Å². The minimum atomic E-state index is 0.112. The average Bonchev–Trinajstić information content (AvgIpc) is 2.84. The fourth-order valence-corrected chi connectivity index (χ4v) is 2.69. The third-order valence-electron chi connectivity index (χ3n) is 3.57. The molecule has 0 unspecified atom stereocenters. The van der Waals surface area contributed by atoms with Crippen molar-refractivity contribution in [3.05, 3.63) is 35.8 Å². The number of pyridine rings is 1. The number of nitrogens with zero attached hydrogens (tertiary/aromatic N) is 3. The summed E-state index contributed by atoms with van der Waals surface area (Å²) >= 11 is 0. The molecule has 114 valence electrons. The van der Waals surface area contributed by atoms with E-state index in [0.717, 1.165) is 55.8 Å². The first kappa shape index (κ1) is 15.5. The third-order valence-corrected chi connectivity index (χ3v) is 3.57. The molecule has 0 bridgehead atoms. The van der Waals surface area contributed by atoms with E-state index in [1.54, 1.807) is 0 Å². The van der Waals surface area contributed by atoms with Gasteiger partial charge < -0.3 is 4.90 Å². The van der Waals surface area contributed by atoms with Crippen LogP contribution in [0.5, 0.6) is 0 Å². The molecule has 2 rings (SSSR count). The second kappa shape index (κ2) is 7.25. The summed E-state index contributed by atoms with van der Waals surface area (Å²) < 4.78 is 1.94. The summed E-state index contributed by atoms with van der Waals surface area (Å²) in [6.07, 6.45) is 5.72. The number of imidazole rings is 1. The Morgan fingerprint density at radius 3 is 2.48 bits per heavy atom. The maximum Gasteiger partial charge on any atom is 0.272 e.